The number of hydrogen-bond acceptors (Lipinski definition) is 2. The maximum Gasteiger partial charge on any atom is 0.331 e. The Morgan fingerprint density at radius 3 is 2.58 bits per heavy atom. The fourth-order valence-electron chi connectivity index (χ4n) is 2.82. The predicted octanol–water partition coefficient (Wildman–Crippen LogP) is 2.83. The normalized spacial score (nSPS) is 15.8. The molecule has 0 radical (unpaired) electrons. The van der Waals surface area contributed by atoms with Gasteiger partial charge in [0.25, 0.3) is 0 Å². The number of anilines is 1. The second-order valence-corrected chi connectivity index (χ2v) is 5.19. The van der Waals surface area contributed by atoms with Crippen LogP contribution in [0.25, 0.3) is 5.69 Å². The molecule has 0 saturated heterocycles. The number of hydrogen-bond donors (Lipinski definition) is 2. The van der Waals surface area contributed by atoms with Crippen molar-refractivity contribution >= 4 is 5.82 Å². The molecule has 0 atom stereocenters. The molecule has 1 heterocycles. The highest BCUT2D eigenvalue weighted by atomic mass is 16.1. The van der Waals surface area contributed by atoms with Gasteiger partial charge < -0.3 is 5.32 Å². The van der Waals surface area contributed by atoms with Crippen LogP contribution in [-0.4, -0.2) is 15.6 Å². The van der Waals surface area contributed by atoms with Gasteiger partial charge in [-0.25, -0.2) is 4.79 Å². The summed E-state index contributed by atoms with van der Waals surface area (Å²) in [6.45, 7) is 1.97. The fraction of sp³-hybridized carbons (Fsp3) is 0.400. The molecule has 19 heavy (non-hydrogen) atoms. The first-order valence-corrected chi connectivity index (χ1v) is 6.89. The molecule has 0 aliphatic heterocycles. The van der Waals surface area contributed by atoms with Crippen LogP contribution in [0.4, 0.5) is 5.82 Å². The molecule has 1 saturated carbocycles. The van der Waals surface area contributed by atoms with Crippen molar-refractivity contribution in [3.63, 3.8) is 0 Å². The van der Waals surface area contributed by atoms with Gasteiger partial charge in [-0.3, -0.25) is 9.55 Å². The molecule has 1 fully saturated rings. The Balaban J connectivity index is 1.94. The number of benzene rings is 1. The SMILES string of the molecule is Cc1c(NC2CCCC2)[nH]c(=O)n1-c1ccccc1. The van der Waals surface area contributed by atoms with E-state index in [1.807, 2.05) is 37.3 Å². The lowest BCUT2D eigenvalue weighted by molar-refractivity contribution is 0.750. The second-order valence-electron chi connectivity index (χ2n) is 5.19. The Labute approximate surface area is 112 Å². The summed E-state index contributed by atoms with van der Waals surface area (Å²) in [7, 11) is 0. The third-order valence-electron chi connectivity index (χ3n) is 3.85. The van der Waals surface area contributed by atoms with Gasteiger partial charge in [-0.2, -0.15) is 0 Å². The molecule has 1 aliphatic rings. The Kier molecular flexibility index (Phi) is 3.15. The average molecular weight is 257 g/mol. The average Bonchev–Trinajstić information content (AvgIpc) is 3.01. The molecule has 4 heteroatoms. The van der Waals surface area contributed by atoms with E-state index in [1.54, 1.807) is 4.57 Å². The smallest absolute Gasteiger partial charge is 0.331 e. The molecule has 4 nitrogen and oxygen atoms in total. The fourth-order valence-corrected chi connectivity index (χ4v) is 2.82. The highest BCUT2D eigenvalue weighted by molar-refractivity contribution is 5.46. The quantitative estimate of drug-likeness (QED) is 0.888. The Morgan fingerprint density at radius 2 is 1.89 bits per heavy atom. The summed E-state index contributed by atoms with van der Waals surface area (Å²) in [6, 6.07) is 10.2. The predicted molar refractivity (Wildman–Crippen MR) is 77.0 cm³/mol. The van der Waals surface area contributed by atoms with E-state index in [-0.39, 0.29) is 5.69 Å². The van der Waals surface area contributed by atoms with Gasteiger partial charge in [0.1, 0.15) is 5.82 Å². The maximum atomic E-state index is 12.1. The van der Waals surface area contributed by atoms with E-state index < -0.39 is 0 Å². The number of imidazole rings is 1. The van der Waals surface area contributed by atoms with Crippen LogP contribution in [0, 0.1) is 6.92 Å². The van der Waals surface area contributed by atoms with Gasteiger partial charge in [0.2, 0.25) is 0 Å². The lowest BCUT2D eigenvalue weighted by atomic mass is 10.2. The molecule has 100 valence electrons. The number of H-pyrrole nitrogens is 1. The molecule has 0 spiro atoms. The Morgan fingerprint density at radius 1 is 1.21 bits per heavy atom. The van der Waals surface area contributed by atoms with Crippen molar-refractivity contribution in [2.75, 3.05) is 5.32 Å². The lowest BCUT2D eigenvalue weighted by Gasteiger charge is -2.12. The Hall–Kier alpha value is -1.97. The Bertz CT molecular complexity index is 606. The summed E-state index contributed by atoms with van der Waals surface area (Å²) >= 11 is 0. The van der Waals surface area contributed by atoms with Gasteiger partial charge in [-0.1, -0.05) is 31.0 Å². The summed E-state index contributed by atoms with van der Waals surface area (Å²) in [5, 5.41) is 3.46. The number of rotatable bonds is 3. The molecule has 1 aromatic heterocycles. The molecule has 0 amide bonds. The number of nitrogens with one attached hydrogen (secondary N) is 2. The molecule has 3 rings (SSSR count). The van der Waals surface area contributed by atoms with Crippen LogP contribution in [0.3, 0.4) is 0 Å². The zero-order chi connectivity index (χ0) is 13.2. The van der Waals surface area contributed by atoms with E-state index in [9.17, 15) is 4.79 Å². The van der Waals surface area contributed by atoms with Gasteiger partial charge in [-0.15, -0.1) is 0 Å². The highest BCUT2D eigenvalue weighted by Crippen LogP contribution is 2.23. The van der Waals surface area contributed by atoms with E-state index >= 15 is 0 Å². The van der Waals surface area contributed by atoms with Gasteiger partial charge in [0.15, 0.2) is 0 Å². The minimum Gasteiger partial charge on any atom is -0.367 e. The first kappa shape index (κ1) is 12.1. The minimum absolute atomic E-state index is 0.0794. The van der Waals surface area contributed by atoms with Crippen molar-refractivity contribution in [3.8, 4) is 5.69 Å². The first-order chi connectivity index (χ1) is 9.25. The summed E-state index contributed by atoms with van der Waals surface area (Å²) < 4.78 is 1.72. The third-order valence-corrected chi connectivity index (χ3v) is 3.85. The van der Waals surface area contributed by atoms with E-state index in [0.29, 0.717) is 6.04 Å². The summed E-state index contributed by atoms with van der Waals surface area (Å²) in [5.41, 5.74) is 1.77. The zero-order valence-corrected chi connectivity index (χ0v) is 11.1. The maximum absolute atomic E-state index is 12.1. The molecule has 2 N–H and O–H groups in total. The first-order valence-electron chi connectivity index (χ1n) is 6.89. The van der Waals surface area contributed by atoms with Gasteiger partial charge in [0.05, 0.1) is 11.4 Å². The van der Waals surface area contributed by atoms with Crippen molar-refractivity contribution < 1.29 is 0 Å². The van der Waals surface area contributed by atoms with E-state index in [4.69, 9.17) is 0 Å². The molecular formula is C15H19N3O. The van der Waals surface area contributed by atoms with Crippen LogP contribution in [0.5, 0.6) is 0 Å². The van der Waals surface area contributed by atoms with Gasteiger partial charge in [0, 0.05) is 6.04 Å². The van der Waals surface area contributed by atoms with Crippen molar-refractivity contribution in [1.82, 2.24) is 9.55 Å². The standard InChI is InChI=1S/C15H19N3O/c1-11-14(16-12-7-5-6-8-12)17-15(19)18(11)13-9-3-2-4-10-13/h2-4,9-10,12,16H,5-8H2,1H3,(H,17,19). The van der Waals surface area contributed by atoms with E-state index in [2.05, 4.69) is 10.3 Å². The number of aromatic nitrogens is 2. The highest BCUT2D eigenvalue weighted by Gasteiger charge is 2.18. The van der Waals surface area contributed by atoms with Crippen LogP contribution < -0.4 is 11.0 Å². The van der Waals surface area contributed by atoms with Crippen LogP contribution in [0.2, 0.25) is 0 Å². The topological polar surface area (TPSA) is 49.8 Å². The number of aromatic amines is 1. The van der Waals surface area contributed by atoms with Gasteiger partial charge in [-0.05, 0) is 31.9 Å². The van der Waals surface area contributed by atoms with Crippen molar-refractivity contribution in [1.29, 1.82) is 0 Å². The number of para-hydroxylation sites is 1. The lowest BCUT2D eigenvalue weighted by Crippen LogP contribution is -2.16. The van der Waals surface area contributed by atoms with Crippen molar-refractivity contribution in [2.45, 2.75) is 38.6 Å². The third kappa shape index (κ3) is 2.30. The van der Waals surface area contributed by atoms with Crippen LogP contribution in [-0.2, 0) is 0 Å². The molecule has 2 aromatic rings. The van der Waals surface area contributed by atoms with E-state index in [0.717, 1.165) is 17.2 Å². The second kappa shape index (κ2) is 4.96. The summed E-state index contributed by atoms with van der Waals surface area (Å²) in [4.78, 5) is 15.0. The minimum atomic E-state index is -0.0794. The number of nitrogens with zero attached hydrogens (tertiary/aromatic N) is 1. The monoisotopic (exact) mass is 257 g/mol. The summed E-state index contributed by atoms with van der Waals surface area (Å²) in [6.07, 6.45) is 4.94. The van der Waals surface area contributed by atoms with Crippen molar-refractivity contribution in [3.05, 3.63) is 46.5 Å². The zero-order valence-electron chi connectivity index (χ0n) is 11.1. The van der Waals surface area contributed by atoms with E-state index in [1.165, 1.54) is 25.7 Å². The van der Waals surface area contributed by atoms with Crippen molar-refractivity contribution in [2.24, 2.45) is 0 Å². The molecule has 1 aromatic carbocycles. The van der Waals surface area contributed by atoms with Gasteiger partial charge >= 0.3 is 5.69 Å². The molecule has 1 aliphatic carbocycles. The molecule has 0 bridgehead atoms. The molecule has 0 unspecified atom stereocenters. The largest absolute Gasteiger partial charge is 0.367 e. The van der Waals surface area contributed by atoms with Crippen LogP contribution in [0.15, 0.2) is 35.1 Å². The van der Waals surface area contributed by atoms with Crippen LogP contribution in [0.1, 0.15) is 31.4 Å². The summed E-state index contributed by atoms with van der Waals surface area (Å²) in [5.74, 6) is 0.862. The molecular weight excluding hydrogens is 238 g/mol. The van der Waals surface area contributed by atoms with Crippen LogP contribution >= 0.6 is 0 Å².